The van der Waals surface area contributed by atoms with Crippen molar-refractivity contribution in [2.24, 2.45) is 0 Å². The van der Waals surface area contributed by atoms with E-state index in [9.17, 15) is 4.79 Å². The Morgan fingerprint density at radius 2 is 1.96 bits per heavy atom. The van der Waals surface area contributed by atoms with E-state index in [4.69, 9.17) is 9.26 Å². The van der Waals surface area contributed by atoms with Gasteiger partial charge in [0.05, 0.1) is 16.9 Å². The maximum Gasteiger partial charge on any atom is 0.261 e. The number of benzene rings is 1. The highest BCUT2D eigenvalue weighted by Gasteiger charge is 2.15. The highest BCUT2D eigenvalue weighted by atomic mass is 32.1. The number of aromatic nitrogens is 2. The Morgan fingerprint density at radius 1 is 1.21 bits per heavy atom. The topological polar surface area (TPSA) is 77.2 Å². The summed E-state index contributed by atoms with van der Waals surface area (Å²) in [7, 11) is 1.61. The Hall–Kier alpha value is -2.67. The Morgan fingerprint density at radius 3 is 2.62 bits per heavy atom. The van der Waals surface area contributed by atoms with Crippen molar-refractivity contribution in [3.63, 3.8) is 0 Å². The van der Waals surface area contributed by atoms with Crippen LogP contribution in [0, 0.1) is 0 Å². The van der Waals surface area contributed by atoms with Gasteiger partial charge in [-0.1, -0.05) is 5.16 Å². The van der Waals surface area contributed by atoms with Gasteiger partial charge in [-0.3, -0.25) is 4.79 Å². The third kappa shape index (κ3) is 3.46. The standard InChI is InChI=1S/C17H17N3O3S/c1-10(2)18-16(21)14-9-8-13(24-14)15-19-17(23-20-15)11-4-6-12(22-3)7-5-11/h4-10H,1-3H3,(H,18,21). The second-order valence-electron chi connectivity index (χ2n) is 5.44. The molecule has 2 aromatic heterocycles. The SMILES string of the molecule is COc1ccc(-c2nc(-c3ccc(C(=O)NC(C)C)s3)no2)cc1. The summed E-state index contributed by atoms with van der Waals surface area (Å²) in [6.45, 7) is 3.85. The van der Waals surface area contributed by atoms with Crippen LogP contribution in [-0.2, 0) is 0 Å². The van der Waals surface area contributed by atoms with E-state index in [0.29, 0.717) is 16.6 Å². The fraction of sp³-hybridized carbons (Fsp3) is 0.235. The van der Waals surface area contributed by atoms with Gasteiger partial charge in [0.15, 0.2) is 0 Å². The van der Waals surface area contributed by atoms with Crippen LogP contribution in [0.1, 0.15) is 23.5 Å². The van der Waals surface area contributed by atoms with Crippen LogP contribution >= 0.6 is 11.3 Å². The number of hydrogen-bond donors (Lipinski definition) is 1. The quantitative estimate of drug-likeness (QED) is 0.766. The average molecular weight is 343 g/mol. The van der Waals surface area contributed by atoms with E-state index in [1.54, 1.807) is 13.2 Å². The fourth-order valence-corrected chi connectivity index (χ4v) is 2.92. The first-order valence-electron chi connectivity index (χ1n) is 7.46. The molecule has 0 aliphatic heterocycles. The van der Waals surface area contributed by atoms with Gasteiger partial charge in [-0.2, -0.15) is 4.98 Å². The highest BCUT2D eigenvalue weighted by molar-refractivity contribution is 7.17. The minimum atomic E-state index is -0.0971. The molecule has 0 saturated carbocycles. The number of amides is 1. The Balaban J connectivity index is 1.80. The Bertz CT molecular complexity index is 837. The molecule has 2 heterocycles. The third-order valence-electron chi connectivity index (χ3n) is 3.23. The molecule has 0 saturated heterocycles. The molecule has 1 N–H and O–H groups in total. The van der Waals surface area contributed by atoms with Crippen LogP contribution in [-0.4, -0.2) is 29.2 Å². The largest absolute Gasteiger partial charge is 0.497 e. The first-order valence-corrected chi connectivity index (χ1v) is 8.27. The fourth-order valence-electron chi connectivity index (χ4n) is 2.09. The van der Waals surface area contributed by atoms with Gasteiger partial charge in [-0.15, -0.1) is 11.3 Å². The molecule has 3 rings (SSSR count). The summed E-state index contributed by atoms with van der Waals surface area (Å²) in [6, 6.07) is 11.1. The van der Waals surface area contributed by atoms with Crippen molar-refractivity contribution in [2.45, 2.75) is 19.9 Å². The lowest BCUT2D eigenvalue weighted by atomic mass is 10.2. The number of methoxy groups -OCH3 is 1. The number of carbonyl (C=O) groups excluding carboxylic acids is 1. The molecule has 0 spiro atoms. The van der Waals surface area contributed by atoms with Crippen molar-refractivity contribution < 1.29 is 14.1 Å². The second kappa shape index (κ2) is 6.84. The Kier molecular flexibility index (Phi) is 4.61. The molecule has 0 radical (unpaired) electrons. The second-order valence-corrected chi connectivity index (χ2v) is 6.53. The zero-order chi connectivity index (χ0) is 17.1. The number of carbonyl (C=O) groups is 1. The molecular formula is C17H17N3O3S. The summed E-state index contributed by atoms with van der Waals surface area (Å²) in [5.41, 5.74) is 0.809. The van der Waals surface area contributed by atoms with Gasteiger partial charge >= 0.3 is 0 Å². The molecule has 0 aliphatic carbocycles. The van der Waals surface area contributed by atoms with Crippen LogP contribution in [0.15, 0.2) is 40.9 Å². The van der Waals surface area contributed by atoms with E-state index >= 15 is 0 Å². The molecular weight excluding hydrogens is 326 g/mol. The van der Waals surface area contributed by atoms with Gasteiger partial charge in [-0.05, 0) is 50.2 Å². The smallest absolute Gasteiger partial charge is 0.261 e. The normalized spacial score (nSPS) is 10.8. The molecule has 0 aliphatic rings. The van der Waals surface area contributed by atoms with Crippen molar-refractivity contribution in [3.8, 4) is 27.9 Å². The number of nitrogens with one attached hydrogen (secondary N) is 1. The van der Waals surface area contributed by atoms with Crippen molar-refractivity contribution in [1.29, 1.82) is 0 Å². The van der Waals surface area contributed by atoms with E-state index in [1.807, 2.05) is 44.2 Å². The summed E-state index contributed by atoms with van der Waals surface area (Å²) in [5.74, 6) is 1.56. The van der Waals surface area contributed by atoms with Gasteiger partial charge in [0.2, 0.25) is 5.82 Å². The van der Waals surface area contributed by atoms with E-state index in [2.05, 4.69) is 15.5 Å². The van der Waals surface area contributed by atoms with E-state index in [1.165, 1.54) is 11.3 Å². The van der Waals surface area contributed by atoms with Crippen LogP contribution in [0.2, 0.25) is 0 Å². The first kappa shape index (κ1) is 16.2. The van der Waals surface area contributed by atoms with Gasteiger partial charge < -0.3 is 14.6 Å². The molecule has 0 unspecified atom stereocenters. The molecule has 1 aromatic carbocycles. The van der Waals surface area contributed by atoms with Gasteiger partial charge in [0.1, 0.15) is 5.75 Å². The molecule has 7 heteroatoms. The molecule has 6 nitrogen and oxygen atoms in total. The zero-order valence-corrected chi connectivity index (χ0v) is 14.4. The molecule has 0 fully saturated rings. The van der Waals surface area contributed by atoms with Crippen molar-refractivity contribution >= 4 is 17.2 Å². The van der Waals surface area contributed by atoms with Gasteiger partial charge in [0, 0.05) is 11.6 Å². The van der Waals surface area contributed by atoms with Crippen LogP contribution in [0.4, 0.5) is 0 Å². The first-order chi connectivity index (χ1) is 11.6. The number of ether oxygens (including phenoxy) is 1. The number of hydrogen-bond acceptors (Lipinski definition) is 6. The van der Waals surface area contributed by atoms with Crippen LogP contribution < -0.4 is 10.1 Å². The van der Waals surface area contributed by atoms with Crippen molar-refractivity contribution in [2.75, 3.05) is 7.11 Å². The lowest BCUT2D eigenvalue weighted by Crippen LogP contribution is -2.29. The van der Waals surface area contributed by atoms with Crippen molar-refractivity contribution in [3.05, 3.63) is 41.3 Å². The minimum Gasteiger partial charge on any atom is -0.497 e. The molecule has 1 amide bonds. The summed E-state index contributed by atoms with van der Waals surface area (Å²) in [5, 5.41) is 6.86. The molecule has 24 heavy (non-hydrogen) atoms. The third-order valence-corrected chi connectivity index (χ3v) is 4.31. The number of rotatable bonds is 5. The van der Waals surface area contributed by atoms with E-state index < -0.39 is 0 Å². The van der Waals surface area contributed by atoms with Crippen LogP contribution in [0.5, 0.6) is 5.75 Å². The average Bonchev–Trinajstić information content (AvgIpc) is 3.23. The zero-order valence-electron chi connectivity index (χ0n) is 13.6. The van der Waals surface area contributed by atoms with E-state index in [0.717, 1.165) is 16.2 Å². The lowest BCUT2D eigenvalue weighted by Gasteiger charge is -2.05. The lowest BCUT2D eigenvalue weighted by molar-refractivity contribution is 0.0947. The molecule has 0 bridgehead atoms. The molecule has 0 atom stereocenters. The maximum atomic E-state index is 12.0. The number of nitrogens with zero attached hydrogens (tertiary/aromatic N) is 2. The summed E-state index contributed by atoms with van der Waals surface area (Å²) >= 11 is 1.33. The number of thiophene rings is 1. The minimum absolute atomic E-state index is 0.0925. The monoisotopic (exact) mass is 343 g/mol. The molecule has 124 valence electrons. The summed E-state index contributed by atoms with van der Waals surface area (Å²) in [4.78, 5) is 17.8. The van der Waals surface area contributed by atoms with E-state index in [-0.39, 0.29) is 11.9 Å². The highest BCUT2D eigenvalue weighted by Crippen LogP contribution is 2.28. The predicted molar refractivity (Wildman–Crippen MR) is 92.2 cm³/mol. The van der Waals surface area contributed by atoms with Crippen molar-refractivity contribution in [1.82, 2.24) is 15.5 Å². The van der Waals surface area contributed by atoms with Crippen LogP contribution in [0.25, 0.3) is 22.2 Å². The predicted octanol–water partition coefficient (Wildman–Crippen LogP) is 3.61. The summed E-state index contributed by atoms with van der Waals surface area (Å²) in [6.07, 6.45) is 0. The summed E-state index contributed by atoms with van der Waals surface area (Å²) < 4.78 is 10.4. The van der Waals surface area contributed by atoms with Gasteiger partial charge in [-0.25, -0.2) is 0 Å². The maximum absolute atomic E-state index is 12.0. The van der Waals surface area contributed by atoms with Gasteiger partial charge in [0.25, 0.3) is 11.8 Å². The molecule has 3 aromatic rings. The Labute approximate surface area is 143 Å². The van der Waals surface area contributed by atoms with Crippen LogP contribution in [0.3, 0.4) is 0 Å².